The highest BCUT2D eigenvalue weighted by atomic mass is 32.2. The highest BCUT2D eigenvalue weighted by molar-refractivity contribution is 7.99. The number of amides is 1. The van der Waals surface area contributed by atoms with Crippen LogP contribution in [0.15, 0.2) is 78.5 Å². The number of nitrogens with zero attached hydrogens (tertiary/aromatic N) is 3. The first-order valence-electron chi connectivity index (χ1n) is 8.51. The lowest BCUT2D eigenvalue weighted by molar-refractivity contribution is -0.116. The lowest BCUT2D eigenvalue weighted by Gasteiger charge is -2.20. The van der Waals surface area contributed by atoms with Crippen molar-refractivity contribution in [2.45, 2.75) is 5.16 Å². The molecular weight excluding hydrogens is 356 g/mol. The molecule has 136 valence electrons. The molecular formula is C21H20N4OS. The second-order valence-corrected chi connectivity index (χ2v) is 6.61. The molecule has 0 bridgehead atoms. The van der Waals surface area contributed by atoms with Crippen LogP contribution in [-0.2, 0) is 4.79 Å². The number of carbonyl (C=O) groups excluding carboxylic acids is 1. The van der Waals surface area contributed by atoms with Gasteiger partial charge < -0.3 is 4.90 Å². The molecule has 0 saturated carbocycles. The van der Waals surface area contributed by atoms with E-state index in [1.165, 1.54) is 11.8 Å². The fourth-order valence-electron chi connectivity index (χ4n) is 2.43. The predicted molar refractivity (Wildman–Crippen MR) is 111 cm³/mol. The number of aromatic amines is 1. The summed E-state index contributed by atoms with van der Waals surface area (Å²) in [6, 6.07) is 19.5. The van der Waals surface area contributed by atoms with Gasteiger partial charge in [-0.15, -0.1) is 11.7 Å². The molecule has 0 radical (unpaired) electrons. The number of aromatic nitrogens is 3. The molecule has 27 heavy (non-hydrogen) atoms. The van der Waals surface area contributed by atoms with Gasteiger partial charge in [-0.2, -0.15) is 0 Å². The number of thioether (sulfide) groups is 1. The van der Waals surface area contributed by atoms with Crippen molar-refractivity contribution in [1.29, 1.82) is 0 Å². The number of hydrogen-bond acceptors (Lipinski definition) is 4. The largest absolute Gasteiger partial charge is 0.308 e. The number of benzene rings is 2. The van der Waals surface area contributed by atoms with Gasteiger partial charge in [0.25, 0.3) is 0 Å². The second-order valence-electron chi connectivity index (χ2n) is 5.66. The van der Waals surface area contributed by atoms with E-state index in [0.29, 0.717) is 17.5 Å². The molecule has 0 unspecified atom stereocenters. The minimum Gasteiger partial charge on any atom is -0.308 e. The molecule has 1 aromatic heterocycles. The summed E-state index contributed by atoms with van der Waals surface area (Å²) in [5.41, 5.74) is 1.94. The highest BCUT2D eigenvalue weighted by Gasteiger charge is 2.15. The third-order valence-corrected chi connectivity index (χ3v) is 4.55. The molecule has 3 rings (SSSR count). The standard InChI is InChI=1S/C21H20N4OS/c1-2-15-25(18-11-7-4-8-12-18)20(26)16-27-21-22-19(23-24-21)14-13-17-9-5-3-6-10-17/h2-14H,1,15-16H2,(H,22,23,24)/b14-13+. The van der Waals surface area contributed by atoms with Crippen LogP contribution in [0.4, 0.5) is 5.69 Å². The average molecular weight is 376 g/mol. The number of carbonyl (C=O) groups is 1. The number of hydrogen-bond donors (Lipinski definition) is 1. The molecule has 0 aliphatic carbocycles. The van der Waals surface area contributed by atoms with E-state index in [1.807, 2.05) is 72.8 Å². The van der Waals surface area contributed by atoms with Crippen LogP contribution in [-0.4, -0.2) is 33.4 Å². The summed E-state index contributed by atoms with van der Waals surface area (Å²) in [4.78, 5) is 18.7. The van der Waals surface area contributed by atoms with Gasteiger partial charge in [-0.05, 0) is 23.8 Å². The van der Waals surface area contributed by atoms with E-state index in [4.69, 9.17) is 0 Å². The van der Waals surface area contributed by atoms with Crippen molar-refractivity contribution < 1.29 is 4.79 Å². The Morgan fingerprint density at radius 3 is 2.48 bits per heavy atom. The van der Waals surface area contributed by atoms with Crippen molar-refractivity contribution in [3.8, 4) is 0 Å². The first-order chi connectivity index (χ1) is 13.3. The fourth-order valence-corrected chi connectivity index (χ4v) is 3.11. The molecule has 0 aliphatic rings. The van der Waals surface area contributed by atoms with Gasteiger partial charge in [-0.1, -0.05) is 72.4 Å². The molecule has 5 nitrogen and oxygen atoms in total. The first-order valence-corrected chi connectivity index (χ1v) is 9.49. The van der Waals surface area contributed by atoms with E-state index in [1.54, 1.807) is 11.0 Å². The van der Waals surface area contributed by atoms with E-state index in [2.05, 4.69) is 21.8 Å². The average Bonchev–Trinajstić information content (AvgIpc) is 3.18. The Kier molecular flexibility index (Phi) is 6.60. The molecule has 3 aromatic rings. The van der Waals surface area contributed by atoms with Crippen LogP contribution in [0.25, 0.3) is 12.2 Å². The number of nitrogens with one attached hydrogen (secondary N) is 1. The molecule has 0 fully saturated rings. The number of H-pyrrole nitrogens is 1. The quantitative estimate of drug-likeness (QED) is 0.471. The Morgan fingerprint density at radius 1 is 1.07 bits per heavy atom. The zero-order valence-electron chi connectivity index (χ0n) is 14.8. The maximum absolute atomic E-state index is 12.6. The molecule has 2 aromatic carbocycles. The van der Waals surface area contributed by atoms with Gasteiger partial charge in [0.15, 0.2) is 0 Å². The summed E-state index contributed by atoms with van der Waals surface area (Å²) in [6.07, 6.45) is 5.54. The molecule has 0 spiro atoms. The maximum Gasteiger partial charge on any atom is 0.237 e. The Balaban J connectivity index is 1.59. The van der Waals surface area contributed by atoms with Crippen LogP contribution in [0.2, 0.25) is 0 Å². The van der Waals surface area contributed by atoms with Crippen LogP contribution >= 0.6 is 11.8 Å². The molecule has 0 atom stereocenters. The van der Waals surface area contributed by atoms with Gasteiger partial charge >= 0.3 is 0 Å². The number of rotatable bonds is 8. The molecule has 6 heteroatoms. The van der Waals surface area contributed by atoms with Crippen molar-refractivity contribution in [1.82, 2.24) is 15.2 Å². The van der Waals surface area contributed by atoms with Crippen molar-refractivity contribution in [3.63, 3.8) is 0 Å². The Bertz CT molecular complexity index is 906. The summed E-state index contributed by atoms with van der Waals surface area (Å²) in [5.74, 6) is 0.889. The SMILES string of the molecule is C=CCN(C(=O)CSc1n[nH]c(/C=C/c2ccccc2)n1)c1ccccc1. The van der Waals surface area contributed by atoms with Crippen LogP contribution in [0.5, 0.6) is 0 Å². The van der Waals surface area contributed by atoms with Crippen molar-refractivity contribution in [2.24, 2.45) is 0 Å². The normalized spacial score (nSPS) is 10.8. The third-order valence-electron chi connectivity index (χ3n) is 3.72. The van der Waals surface area contributed by atoms with Gasteiger partial charge in [0.1, 0.15) is 5.82 Å². The van der Waals surface area contributed by atoms with Crippen LogP contribution in [0.3, 0.4) is 0 Å². The summed E-state index contributed by atoms with van der Waals surface area (Å²) < 4.78 is 0. The molecule has 0 aliphatic heterocycles. The van der Waals surface area contributed by atoms with Gasteiger partial charge in [0.2, 0.25) is 11.1 Å². The van der Waals surface area contributed by atoms with Crippen LogP contribution < -0.4 is 4.90 Å². The second kappa shape index (κ2) is 9.54. The zero-order valence-corrected chi connectivity index (χ0v) is 15.6. The smallest absolute Gasteiger partial charge is 0.237 e. The van der Waals surface area contributed by atoms with E-state index in [0.717, 1.165) is 11.3 Å². The monoisotopic (exact) mass is 376 g/mol. The summed E-state index contributed by atoms with van der Waals surface area (Å²) in [5, 5.41) is 7.58. The molecule has 1 N–H and O–H groups in total. The minimum absolute atomic E-state index is 0.0164. The van der Waals surface area contributed by atoms with Crippen molar-refractivity contribution in [3.05, 3.63) is 84.7 Å². The minimum atomic E-state index is -0.0164. The van der Waals surface area contributed by atoms with Crippen LogP contribution in [0, 0.1) is 0 Å². The van der Waals surface area contributed by atoms with Gasteiger partial charge in [0.05, 0.1) is 5.75 Å². The van der Waals surface area contributed by atoms with Crippen molar-refractivity contribution in [2.75, 3.05) is 17.2 Å². The van der Waals surface area contributed by atoms with Crippen LogP contribution in [0.1, 0.15) is 11.4 Å². The molecule has 1 amide bonds. The predicted octanol–water partition coefficient (Wildman–Crippen LogP) is 4.29. The number of para-hydroxylation sites is 1. The third kappa shape index (κ3) is 5.43. The van der Waals surface area contributed by atoms with Gasteiger partial charge in [0, 0.05) is 12.2 Å². The first kappa shape index (κ1) is 18.7. The Morgan fingerprint density at radius 2 is 1.78 bits per heavy atom. The lowest BCUT2D eigenvalue weighted by atomic mass is 10.2. The van der Waals surface area contributed by atoms with Gasteiger partial charge in [-0.25, -0.2) is 4.98 Å². The number of anilines is 1. The highest BCUT2D eigenvalue weighted by Crippen LogP contribution is 2.18. The lowest BCUT2D eigenvalue weighted by Crippen LogP contribution is -2.32. The molecule has 0 saturated heterocycles. The van der Waals surface area contributed by atoms with E-state index in [9.17, 15) is 4.79 Å². The Labute approximate surface area is 162 Å². The fraction of sp³-hybridized carbons (Fsp3) is 0.0952. The topological polar surface area (TPSA) is 61.9 Å². The van der Waals surface area contributed by atoms with E-state index in [-0.39, 0.29) is 11.7 Å². The molecule has 1 heterocycles. The van der Waals surface area contributed by atoms with E-state index >= 15 is 0 Å². The summed E-state index contributed by atoms with van der Waals surface area (Å²) >= 11 is 1.31. The zero-order chi connectivity index (χ0) is 18.9. The maximum atomic E-state index is 12.6. The Hall–Kier alpha value is -3.12. The van der Waals surface area contributed by atoms with Gasteiger partial charge in [-0.3, -0.25) is 9.89 Å². The summed E-state index contributed by atoms with van der Waals surface area (Å²) in [6.45, 7) is 4.20. The van der Waals surface area contributed by atoms with E-state index < -0.39 is 0 Å². The van der Waals surface area contributed by atoms with Crippen molar-refractivity contribution >= 4 is 35.5 Å². The summed E-state index contributed by atoms with van der Waals surface area (Å²) in [7, 11) is 0.